The van der Waals surface area contributed by atoms with Crippen LogP contribution >= 0.6 is 0 Å². The summed E-state index contributed by atoms with van der Waals surface area (Å²) < 4.78 is 45.2. The lowest BCUT2D eigenvalue weighted by molar-refractivity contribution is -0.138. The van der Waals surface area contributed by atoms with E-state index in [9.17, 15) is 27.6 Å². The molecule has 7 nitrogen and oxygen atoms in total. The minimum atomic E-state index is -4.33. The van der Waals surface area contributed by atoms with Crippen molar-refractivity contribution >= 4 is 17.7 Å². The number of hydrogen-bond donors (Lipinski definition) is 1. The second-order valence-electron chi connectivity index (χ2n) is 11.0. The van der Waals surface area contributed by atoms with Gasteiger partial charge in [0.2, 0.25) is 11.8 Å². The molecule has 0 radical (unpaired) electrons. The maximum atomic E-state index is 13.0. The predicted octanol–water partition coefficient (Wildman–Crippen LogP) is 4.26. The fraction of sp³-hybridized carbons (Fsp3) is 0.483. The van der Waals surface area contributed by atoms with Crippen LogP contribution < -0.4 is 10.1 Å². The van der Waals surface area contributed by atoms with Crippen molar-refractivity contribution in [1.82, 2.24) is 15.1 Å². The number of fused-ring (bicyclic) bond motifs is 1. The van der Waals surface area contributed by atoms with Gasteiger partial charge in [0, 0.05) is 43.6 Å². The first-order valence-electron chi connectivity index (χ1n) is 13.5. The number of benzene rings is 2. The van der Waals surface area contributed by atoms with Gasteiger partial charge < -0.3 is 9.64 Å². The van der Waals surface area contributed by atoms with Gasteiger partial charge in [-0.2, -0.15) is 13.2 Å². The molecule has 39 heavy (non-hydrogen) atoms. The molecule has 1 N–H and O–H groups in total. The topological polar surface area (TPSA) is 79.0 Å². The lowest BCUT2D eigenvalue weighted by Crippen LogP contribution is -2.57. The smallest absolute Gasteiger partial charge is 0.416 e. The Morgan fingerprint density at radius 2 is 1.67 bits per heavy atom. The number of nitrogens with zero attached hydrogens (tertiary/aromatic N) is 2. The van der Waals surface area contributed by atoms with Crippen molar-refractivity contribution in [3.63, 3.8) is 0 Å². The molecule has 2 aromatic carbocycles. The van der Waals surface area contributed by atoms with E-state index in [0.717, 1.165) is 62.0 Å². The molecule has 2 saturated heterocycles. The van der Waals surface area contributed by atoms with Gasteiger partial charge in [-0.15, -0.1) is 0 Å². The Hall–Kier alpha value is -3.40. The van der Waals surface area contributed by atoms with E-state index < -0.39 is 23.7 Å². The standard InChI is InChI=1S/C29H30F3N3O4/c30-29(31,32)20-7-5-17(6-8-20)19-14-34(15-19)23-3-1-2-4-25(23)39-21-9-10-22-18(13-21)16-35(28(22)38)24-11-12-26(36)33-27(24)37/h5-10,13,19,23-25H,1-4,11-12,14-16H2,(H,33,36,37)/t23-,24?,25-/m0/s1. The molecule has 0 bridgehead atoms. The van der Waals surface area contributed by atoms with Crippen molar-refractivity contribution < 1.29 is 32.3 Å². The lowest BCUT2D eigenvalue weighted by Gasteiger charge is -2.48. The van der Waals surface area contributed by atoms with E-state index in [1.807, 2.05) is 6.07 Å². The quantitative estimate of drug-likeness (QED) is 0.573. The lowest BCUT2D eigenvalue weighted by atomic mass is 9.84. The first kappa shape index (κ1) is 25.9. The zero-order valence-corrected chi connectivity index (χ0v) is 21.4. The molecule has 0 spiro atoms. The summed E-state index contributed by atoms with van der Waals surface area (Å²) in [4.78, 5) is 40.7. The van der Waals surface area contributed by atoms with E-state index in [2.05, 4.69) is 10.2 Å². The van der Waals surface area contributed by atoms with Crippen molar-refractivity contribution in [3.05, 3.63) is 64.7 Å². The third-order valence-corrected chi connectivity index (χ3v) is 8.54. The predicted molar refractivity (Wildman–Crippen MR) is 135 cm³/mol. The summed E-state index contributed by atoms with van der Waals surface area (Å²) in [5.74, 6) is -0.0666. The molecule has 3 aliphatic heterocycles. The number of ether oxygens (including phenoxy) is 1. The Kier molecular flexibility index (Phi) is 6.61. The Balaban J connectivity index is 1.09. The monoisotopic (exact) mass is 541 g/mol. The number of nitrogens with one attached hydrogen (secondary N) is 1. The molecule has 3 heterocycles. The minimum absolute atomic E-state index is 0.0197. The minimum Gasteiger partial charge on any atom is -0.489 e. The van der Waals surface area contributed by atoms with Crippen LogP contribution in [0.5, 0.6) is 5.75 Å². The van der Waals surface area contributed by atoms with Crippen LogP contribution in [0, 0.1) is 0 Å². The third-order valence-electron chi connectivity index (χ3n) is 8.54. The van der Waals surface area contributed by atoms with Crippen LogP contribution in [0.15, 0.2) is 42.5 Å². The van der Waals surface area contributed by atoms with Crippen molar-refractivity contribution in [2.45, 2.75) is 75.4 Å². The van der Waals surface area contributed by atoms with Gasteiger partial charge in [-0.25, -0.2) is 0 Å². The second-order valence-corrected chi connectivity index (χ2v) is 11.0. The summed E-state index contributed by atoms with van der Waals surface area (Å²) in [6, 6.07) is 10.5. The molecule has 6 rings (SSSR count). The highest BCUT2D eigenvalue weighted by Crippen LogP contribution is 2.37. The number of amides is 3. The Labute approximate surface area is 224 Å². The van der Waals surface area contributed by atoms with E-state index in [0.29, 0.717) is 24.3 Å². The first-order valence-corrected chi connectivity index (χ1v) is 13.5. The van der Waals surface area contributed by atoms with E-state index in [1.165, 1.54) is 4.90 Å². The fourth-order valence-corrected chi connectivity index (χ4v) is 6.37. The fourth-order valence-electron chi connectivity index (χ4n) is 6.37. The van der Waals surface area contributed by atoms with Crippen LogP contribution in [0.3, 0.4) is 0 Å². The number of rotatable bonds is 5. The molecule has 206 valence electrons. The van der Waals surface area contributed by atoms with Gasteiger partial charge >= 0.3 is 6.18 Å². The Morgan fingerprint density at radius 1 is 0.923 bits per heavy atom. The molecule has 2 aromatic rings. The van der Waals surface area contributed by atoms with Crippen LogP contribution in [0.2, 0.25) is 0 Å². The average Bonchev–Trinajstić information content (AvgIpc) is 3.19. The van der Waals surface area contributed by atoms with Crippen LogP contribution in [0.25, 0.3) is 0 Å². The summed E-state index contributed by atoms with van der Waals surface area (Å²) in [6.45, 7) is 1.87. The van der Waals surface area contributed by atoms with Crippen LogP contribution in [-0.2, 0) is 22.3 Å². The highest BCUT2D eigenvalue weighted by Gasteiger charge is 2.41. The maximum Gasteiger partial charge on any atom is 0.416 e. The zero-order valence-electron chi connectivity index (χ0n) is 21.4. The third kappa shape index (κ3) is 5.02. The zero-order chi connectivity index (χ0) is 27.3. The number of piperidine rings is 1. The van der Waals surface area contributed by atoms with Gasteiger partial charge in [-0.3, -0.25) is 24.6 Å². The normalized spacial score (nSPS) is 26.3. The van der Waals surface area contributed by atoms with Crippen molar-refractivity contribution in [3.8, 4) is 5.75 Å². The Morgan fingerprint density at radius 3 is 2.38 bits per heavy atom. The average molecular weight is 542 g/mol. The van der Waals surface area contributed by atoms with E-state index in [1.54, 1.807) is 24.3 Å². The summed E-state index contributed by atoms with van der Waals surface area (Å²) in [5, 5.41) is 2.32. The van der Waals surface area contributed by atoms with Gasteiger partial charge in [0.1, 0.15) is 17.9 Å². The molecule has 1 saturated carbocycles. The first-order chi connectivity index (χ1) is 18.7. The molecule has 0 aromatic heterocycles. The number of carbonyl (C=O) groups is 3. The summed E-state index contributed by atoms with van der Waals surface area (Å²) in [6.07, 6.45) is 0.251. The number of carbonyl (C=O) groups excluding carboxylic acids is 3. The SMILES string of the molecule is O=C1CCC(N2Cc3cc(O[C@H]4CCCC[C@@H]4N4CC(c5ccc(C(F)(F)F)cc5)C4)ccc3C2=O)C(=O)N1. The van der Waals surface area contributed by atoms with Crippen molar-refractivity contribution in [1.29, 1.82) is 0 Å². The van der Waals surface area contributed by atoms with Crippen molar-refractivity contribution in [2.24, 2.45) is 0 Å². The molecule has 10 heteroatoms. The number of imide groups is 1. The van der Waals surface area contributed by atoms with Gasteiger partial charge in [0.05, 0.1) is 5.56 Å². The number of alkyl halides is 3. The van der Waals surface area contributed by atoms with Crippen LogP contribution in [0.1, 0.15) is 71.5 Å². The molecule has 1 aliphatic carbocycles. The number of halogens is 3. The maximum absolute atomic E-state index is 13.0. The van der Waals surface area contributed by atoms with Gasteiger partial charge in [-0.05, 0) is 67.1 Å². The molecule has 4 aliphatic rings. The molecule has 3 atom stereocenters. The largest absolute Gasteiger partial charge is 0.489 e. The summed E-state index contributed by atoms with van der Waals surface area (Å²) in [7, 11) is 0. The van der Waals surface area contributed by atoms with Gasteiger partial charge in [0.25, 0.3) is 5.91 Å². The van der Waals surface area contributed by atoms with E-state index in [-0.39, 0.29) is 36.3 Å². The molecular weight excluding hydrogens is 511 g/mol. The molecular formula is C29H30F3N3O4. The Bertz CT molecular complexity index is 1290. The highest BCUT2D eigenvalue weighted by molar-refractivity contribution is 6.05. The van der Waals surface area contributed by atoms with Crippen molar-refractivity contribution in [2.75, 3.05) is 13.1 Å². The molecule has 3 fully saturated rings. The van der Waals surface area contributed by atoms with Crippen LogP contribution in [0.4, 0.5) is 13.2 Å². The molecule has 1 unspecified atom stereocenters. The number of hydrogen-bond acceptors (Lipinski definition) is 5. The molecule has 3 amide bonds. The van der Waals surface area contributed by atoms with E-state index >= 15 is 0 Å². The summed E-state index contributed by atoms with van der Waals surface area (Å²) in [5.41, 5.74) is 1.66. The highest BCUT2D eigenvalue weighted by atomic mass is 19.4. The number of likely N-dealkylation sites (tertiary alicyclic amines) is 1. The summed E-state index contributed by atoms with van der Waals surface area (Å²) >= 11 is 0. The second kappa shape index (κ2) is 9.97. The van der Waals surface area contributed by atoms with Gasteiger partial charge in [-0.1, -0.05) is 18.6 Å². The van der Waals surface area contributed by atoms with E-state index in [4.69, 9.17) is 4.74 Å². The van der Waals surface area contributed by atoms with Crippen LogP contribution in [-0.4, -0.2) is 58.8 Å². The van der Waals surface area contributed by atoms with Gasteiger partial charge in [0.15, 0.2) is 0 Å².